The normalized spacial score (nSPS) is 10.7. The van der Waals surface area contributed by atoms with E-state index in [0.29, 0.717) is 33.4 Å². The number of carbonyl (C=O) groups is 1. The second-order valence-corrected chi connectivity index (χ2v) is 4.22. The zero-order valence-electron chi connectivity index (χ0n) is 11.1. The van der Waals surface area contributed by atoms with Crippen LogP contribution < -0.4 is 4.74 Å². The Morgan fingerprint density at radius 3 is 2.30 bits per heavy atom. The summed E-state index contributed by atoms with van der Waals surface area (Å²) in [5.74, 6) is 0.229. The number of rotatable bonds is 2. The van der Waals surface area contributed by atoms with Gasteiger partial charge in [-0.05, 0) is 24.3 Å². The molecule has 0 spiro atoms. The van der Waals surface area contributed by atoms with Crippen LogP contribution in [0.4, 0.5) is 0 Å². The summed E-state index contributed by atoms with van der Waals surface area (Å²) >= 11 is 0. The fraction of sp³-hybridized carbons (Fsp3) is 0.133. The molecule has 0 atom stereocenters. The molecule has 0 bridgehead atoms. The molecule has 0 fully saturated rings. The molecule has 5 heteroatoms. The second-order valence-electron chi connectivity index (χ2n) is 4.22. The molecular formula is C15H12N2O3. The monoisotopic (exact) mass is 268 g/mol. The second kappa shape index (κ2) is 4.77. The van der Waals surface area contributed by atoms with Crippen LogP contribution in [0.2, 0.25) is 0 Å². The molecule has 1 heterocycles. The Bertz CT molecular complexity index is 815. The van der Waals surface area contributed by atoms with E-state index in [-0.39, 0.29) is 0 Å². The molecule has 0 amide bonds. The quantitative estimate of drug-likeness (QED) is 0.528. The Morgan fingerprint density at radius 2 is 1.60 bits per heavy atom. The number of para-hydroxylation sites is 2. The molecule has 0 unspecified atom stereocenters. The van der Waals surface area contributed by atoms with Gasteiger partial charge >= 0.3 is 5.97 Å². The fourth-order valence-electron chi connectivity index (χ4n) is 2.13. The van der Waals surface area contributed by atoms with Gasteiger partial charge in [0.25, 0.3) is 0 Å². The Morgan fingerprint density at radius 1 is 0.950 bits per heavy atom. The number of ether oxygens (including phenoxy) is 2. The van der Waals surface area contributed by atoms with E-state index in [9.17, 15) is 4.79 Å². The van der Waals surface area contributed by atoms with Crippen LogP contribution in [-0.4, -0.2) is 30.2 Å². The summed E-state index contributed by atoms with van der Waals surface area (Å²) < 4.78 is 10.1. The fourth-order valence-corrected chi connectivity index (χ4v) is 2.13. The summed E-state index contributed by atoms with van der Waals surface area (Å²) in [5.41, 5.74) is 2.91. The number of carbonyl (C=O) groups excluding carboxylic acids is 1. The highest BCUT2D eigenvalue weighted by molar-refractivity contribution is 6.03. The van der Waals surface area contributed by atoms with E-state index < -0.39 is 5.97 Å². The molecule has 0 saturated heterocycles. The SMILES string of the molecule is COC(=O)c1cccc2nc3c(OC)cccc3nc12. The molecule has 0 aliphatic carbocycles. The molecule has 5 nitrogen and oxygen atoms in total. The minimum Gasteiger partial charge on any atom is -0.494 e. The molecule has 100 valence electrons. The van der Waals surface area contributed by atoms with Gasteiger partial charge in [0, 0.05) is 0 Å². The third-order valence-corrected chi connectivity index (χ3v) is 3.08. The number of hydrogen-bond acceptors (Lipinski definition) is 5. The average molecular weight is 268 g/mol. The van der Waals surface area contributed by atoms with Crippen molar-refractivity contribution < 1.29 is 14.3 Å². The van der Waals surface area contributed by atoms with Crippen molar-refractivity contribution >= 4 is 28.0 Å². The summed E-state index contributed by atoms with van der Waals surface area (Å²) in [6.07, 6.45) is 0. The average Bonchev–Trinajstić information content (AvgIpc) is 2.51. The summed E-state index contributed by atoms with van der Waals surface area (Å²) in [6.45, 7) is 0. The number of aromatic nitrogens is 2. The summed E-state index contributed by atoms with van der Waals surface area (Å²) in [6, 6.07) is 10.7. The zero-order valence-corrected chi connectivity index (χ0v) is 11.1. The van der Waals surface area contributed by atoms with Gasteiger partial charge < -0.3 is 9.47 Å². The molecule has 3 rings (SSSR count). The molecular weight excluding hydrogens is 256 g/mol. The van der Waals surface area contributed by atoms with Gasteiger partial charge in [-0.25, -0.2) is 14.8 Å². The predicted molar refractivity (Wildman–Crippen MR) is 74.9 cm³/mol. The summed E-state index contributed by atoms with van der Waals surface area (Å²) in [5, 5.41) is 0. The van der Waals surface area contributed by atoms with Crippen LogP contribution in [0.5, 0.6) is 5.75 Å². The first-order chi connectivity index (χ1) is 9.74. The Balaban J connectivity index is 2.38. The molecule has 0 radical (unpaired) electrons. The van der Waals surface area contributed by atoms with Gasteiger partial charge in [0.1, 0.15) is 16.8 Å². The number of methoxy groups -OCH3 is 2. The number of benzene rings is 2. The van der Waals surface area contributed by atoms with Crippen LogP contribution in [-0.2, 0) is 4.74 Å². The highest BCUT2D eigenvalue weighted by Gasteiger charge is 2.14. The maximum Gasteiger partial charge on any atom is 0.340 e. The van der Waals surface area contributed by atoms with E-state index in [4.69, 9.17) is 9.47 Å². The van der Waals surface area contributed by atoms with Gasteiger partial charge in [0.15, 0.2) is 0 Å². The number of esters is 1. The van der Waals surface area contributed by atoms with E-state index in [1.807, 2.05) is 18.2 Å². The highest BCUT2D eigenvalue weighted by Crippen LogP contribution is 2.26. The van der Waals surface area contributed by atoms with Crippen molar-refractivity contribution in [2.75, 3.05) is 14.2 Å². The Kier molecular flexibility index (Phi) is 2.95. The third kappa shape index (κ3) is 1.84. The van der Waals surface area contributed by atoms with Crippen LogP contribution in [0.1, 0.15) is 10.4 Å². The van der Waals surface area contributed by atoms with Crippen molar-refractivity contribution in [2.24, 2.45) is 0 Å². The van der Waals surface area contributed by atoms with Gasteiger partial charge in [-0.3, -0.25) is 0 Å². The molecule has 2 aromatic carbocycles. The molecule has 1 aromatic heterocycles. The molecule has 0 aliphatic rings. The van der Waals surface area contributed by atoms with Crippen LogP contribution >= 0.6 is 0 Å². The van der Waals surface area contributed by atoms with Crippen LogP contribution in [0.3, 0.4) is 0 Å². The van der Waals surface area contributed by atoms with Gasteiger partial charge in [0.05, 0.1) is 30.8 Å². The van der Waals surface area contributed by atoms with Gasteiger partial charge in [-0.2, -0.15) is 0 Å². The van der Waals surface area contributed by atoms with Crippen molar-refractivity contribution in [3.05, 3.63) is 42.0 Å². The number of nitrogens with zero attached hydrogens (tertiary/aromatic N) is 2. The summed E-state index contributed by atoms with van der Waals surface area (Å²) in [4.78, 5) is 20.8. The summed E-state index contributed by atoms with van der Waals surface area (Å²) in [7, 11) is 2.93. The first kappa shape index (κ1) is 12.3. The predicted octanol–water partition coefficient (Wildman–Crippen LogP) is 2.58. The Hall–Kier alpha value is -2.69. The van der Waals surface area contributed by atoms with E-state index >= 15 is 0 Å². The van der Waals surface area contributed by atoms with Crippen LogP contribution in [0.15, 0.2) is 36.4 Å². The van der Waals surface area contributed by atoms with E-state index in [1.165, 1.54) is 7.11 Å². The van der Waals surface area contributed by atoms with Gasteiger partial charge in [0.2, 0.25) is 0 Å². The topological polar surface area (TPSA) is 61.3 Å². The molecule has 3 aromatic rings. The minimum atomic E-state index is -0.424. The van der Waals surface area contributed by atoms with Crippen molar-refractivity contribution in [1.29, 1.82) is 0 Å². The number of fused-ring (bicyclic) bond motifs is 2. The lowest BCUT2D eigenvalue weighted by atomic mass is 10.1. The first-order valence-corrected chi connectivity index (χ1v) is 6.06. The minimum absolute atomic E-state index is 0.405. The Labute approximate surface area is 115 Å². The zero-order chi connectivity index (χ0) is 14.1. The van der Waals surface area contributed by atoms with Crippen molar-refractivity contribution in [3.63, 3.8) is 0 Å². The van der Waals surface area contributed by atoms with Crippen LogP contribution in [0.25, 0.3) is 22.1 Å². The van der Waals surface area contributed by atoms with Crippen molar-refractivity contribution in [1.82, 2.24) is 9.97 Å². The largest absolute Gasteiger partial charge is 0.494 e. The highest BCUT2D eigenvalue weighted by atomic mass is 16.5. The smallest absolute Gasteiger partial charge is 0.340 e. The number of hydrogen-bond donors (Lipinski definition) is 0. The van der Waals surface area contributed by atoms with Crippen LogP contribution in [0, 0.1) is 0 Å². The van der Waals surface area contributed by atoms with Crippen molar-refractivity contribution in [3.8, 4) is 5.75 Å². The maximum absolute atomic E-state index is 11.8. The molecule has 0 aliphatic heterocycles. The molecule has 0 saturated carbocycles. The maximum atomic E-state index is 11.8. The van der Waals surface area contributed by atoms with Crippen molar-refractivity contribution in [2.45, 2.75) is 0 Å². The first-order valence-electron chi connectivity index (χ1n) is 6.06. The third-order valence-electron chi connectivity index (χ3n) is 3.08. The van der Waals surface area contributed by atoms with Gasteiger partial charge in [-0.15, -0.1) is 0 Å². The van der Waals surface area contributed by atoms with E-state index in [0.717, 1.165) is 0 Å². The van der Waals surface area contributed by atoms with Gasteiger partial charge in [-0.1, -0.05) is 12.1 Å². The molecule has 20 heavy (non-hydrogen) atoms. The lowest BCUT2D eigenvalue weighted by Crippen LogP contribution is -2.04. The van der Waals surface area contributed by atoms with E-state index in [1.54, 1.807) is 25.3 Å². The lowest BCUT2D eigenvalue weighted by molar-refractivity contribution is 0.0603. The lowest BCUT2D eigenvalue weighted by Gasteiger charge is -2.07. The molecule has 0 N–H and O–H groups in total. The van der Waals surface area contributed by atoms with E-state index in [2.05, 4.69) is 9.97 Å². The standard InChI is InChI=1S/C15H12N2O3/c1-19-12-8-4-7-11-14(12)17-10-6-3-5-9(13(10)16-11)15(18)20-2/h3-8H,1-2H3.